The minimum atomic E-state index is -0.159. The second-order valence-corrected chi connectivity index (χ2v) is 11.0. The lowest BCUT2D eigenvalue weighted by Crippen LogP contribution is -2.39. The number of hydrogen-bond acceptors (Lipinski definition) is 6. The zero-order valence-corrected chi connectivity index (χ0v) is 23.7. The largest absolute Gasteiger partial charge is 0.346 e. The van der Waals surface area contributed by atoms with Crippen LogP contribution in [0.25, 0.3) is 27.6 Å². The Kier molecular flexibility index (Phi) is 6.83. The van der Waals surface area contributed by atoms with Crippen molar-refractivity contribution >= 4 is 45.2 Å². The number of carbonyl (C=O) groups excluding carboxylic acids is 1. The summed E-state index contributed by atoms with van der Waals surface area (Å²) in [7, 11) is 0. The number of hydrogen-bond donors (Lipinski definition) is 1. The highest BCUT2D eigenvalue weighted by molar-refractivity contribution is 5.92. The van der Waals surface area contributed by atoms with Crippen LogP contribution in [0.3, 0.4) is 0 Å². The molecule has 5 aromatic rings. The first-order valence-electron chi connectivity index (χ1n) is 14.7. The second-order valence-electron chi connectivity index (χ2n) is 11.0. The number of nitrogens with zero attached hydrogens (tertiary/aromatic N) is 7. The van der Waals surface area contributed by atoms with Gasteiger partial charge in [0, 0.05) is 61.2 Å². The number of benzene rings is 2. The summed E-state index contributed by atoms with van der Waals surface area (Å²) in [6.07, 6.45) is 10.8. The Balaban J connectivity index is 1.25. The number of anilines is 3. The van der Waals surface area contributed by atoms with Gasteiger partial charge in [-0.3, -0.25) is 9.59 Å². The highest BCUT2D eigenvalue weighted by Gasteiger charge is 2.20. The maximum absolute atomic E-state index is 13.5. The van der Waals surface area contributed by atoms with Gasteiger partial charge in [-0.2, -0.15) is 4.98 Å². The molecule has 2 aliphatic heterocycles. The number of allylic oxidation sites excluding steroid dienone is 2. The molecule has 1 fully saturated rings. The number of fused-ring (bicyclic) bond motifs is 7. The summed E-state index contributed by atoms with van der Waals surface area (Å²) in [4.78, 5) is 39.6. The van der Waals surface area contributed by atoms with Crippen LogP contribution in [-0.4, -0.2) is 60.9 Å². The van der Waals surface area contributed by atoms with Gasteiger partial charge in [0.05, 0.1) is 12.2 Å². The van der Waals surface area contributed by atoms with Crippen molar-refractivity contribution in [2.75, 3.05) is 36.4 Å². The molecular formula is C32H34N8O2. The minimum Gasteiger partial charge on any atom is -0.346 e. The van der Waals surface area contributed by atoms with Crippen LogP contribution in [0.2, 0.25) is 0 Å². The third kappa shape index (κ3) is 4.87. The minimum absolute atomic E-state index is 0.0137. The first-order valence-corrected chi connectivity index (χ1v) is 14.7. The average Bonchev–Trinajstić information content (AvgIpc) is 3.48. The fraction of sp³-hybridized carbons (Fsp3) is 0.312. The number of likely N-dealkylation sites (tertiary alicyclic amines) is 1. The van der Waals surface area contributed by atoms with Crippen molar-refractivity contribution < 1.29 is 4.79 Å². The van der Waals surface area contributed by atoms with Gasteiger partial charge in [-0.05, 0) is 74.8 Å². The van der Waals surface area contributed by atoms with E-state index in [2.05, 4.69) is 50.2 Å². The maximum Gasteiger partial charge on any atom is 0.278 e. The number of carbonyl (C=O) groups is 1. The van der Waals surface area contributed by atoms with E-state index in [0.29, 0.717) is 30.1 Å². The summed E-state index contributed by atoms with van der Waals surface area (Å²) in [5.74, 6) is 0.392. The molecule has 10 heteroatoms. The van der Waals surface area contributed by atoms with E-state index in [1.807, 2.05) is 41.1 Å². The van der Waals surface area contributed by atoms with E-state index in [9.17, 15) is 9.59 Å². The van der Waals surface area contributed by atoms with Gasteiger partial charge >= 0.3 is 0 Å². The van der Waals surface area contributed by atoms with E-state index in [0.717, 1.165) is 48.4 Å². The molecule has 2 bridgehead atoms. The smallest absolute Gasteiger partial charge is 0.278 e. The van der Waals surface area contributed by atoms with Gasteiger partial charge in [-0.25, -0.2) is 14.3 Å². The molecule has 0 radical (unpaired) electrons. The van der Waals surface area contributed by atoms with E-state index in [-0.39, 0.29) is 11.5 Å². The highest BCUT2D eigenvalue weighted by atomic mass is 16.2. The standard InChI is InChI=1S/C32H34N8O2/c1-23(41)38-15-4-2-3-5-16-39-31(42)28-22-33-32(35-30(28)40(39)27-9-6-8-26(38)21-27)34-25-10-11-29-24(20-25)12-17-37(29)19-18-36-13-7-14-36/h3,5-6,8-12,17,20-22H,2,4,7,13-16,18-19H2,1H3,(H,33,34,35)/b5-3-. The Morgan fingerprint density at radius 2 is 1.86 bits per heavy atom. The van der Waals surface area contributed by atoms with Crippen molar-refractivity contribution in [1.82, 2.24) is 28.8 Å². The molecule has 0 spiro atoms. The number of nitrogens with one attached hydrogen (secondary N) is 1. The van der Waals surface area contributed by atoms with Crippen LogP contribution < -0.4 is 15.8 Å². The molecule has 0 unspecified atom stereocenters. The molecule has 42 heavy (non-hydrogen) atoms. The molecule has 0 aliphatic carbocycles. The molecule has 2 aliphatic rings. The summed E-state index contributed by atoms with van der Waals surface area (Å²) >= 11 is 0. The van der Waals surface area contributed by atoms with Gasteiger partial charge in [0.2, 0.25) is 11.9 Å². The van der Waals surface area contributed by atoms with Gasteiger partial charge < -0.3 is 19.7 Å². The van der Waals surface area contributed by atoms with Crippen LogP contribution in [0.15, 0.2) is 77.9 Å². The van der Waals surface area contributed by atoms with Crippen LogP contribution in [0.5, 0.6) is 0 Å². The van der Waals surface area contributed by atoms with Gasteiger partial charge in [0.1, 0.15) is 5.39 Å². The van der Waals surface area contributed by atoms with Crippen molar-refractivity contribution in [2.45, 2.75) is 39.3 Å². The monoisotopic (exact) mass is 562 g/mol. The molecule has 5 heterocycles. The third-order valence-electron chi connectivity index (χ3n) is 8.27. The Morgan fingerprint density at radius 3 is 2.69 bits per heavy atom. The molecule has 10 nitrogen and oxygen atoms in total. The van der Waals surface area contributed by atoms with Crippen molar-refractivity contribution in [3.8, 4) is 5.69 Å². The Bertz CT molecular complexity index is 1880. The van der Waals surface area contributed by atoms with Crippen molar-refractivity contribution in [1.29, 1.82) is 0 Å². The molecule has 1 N–H and O–H groups in total. The molecule has 0 saturated carbocycles. The van der Waals surface area contributed by atoms with Gasteiger partial charge in [-0.1, -0.05) is 18.2 Å². The molecule has 2 aromatic carbocycles. The number of rotatable bonds is 5. The van der Waals surface area contributed by atoms with E-state index in [1.54, 1.807) is 22.7 Å². The fourth-order valence-corrected chi connectivity index (χ4v) is 5.89. The van der Waals surface area contributed by atoms with Crippen LogP contribution in [0, 0.1) is 0 Å². The summed E-state index contributed by atoms with van der Waals surface area (Å²) in [6.45, 7) is 7.08. The predicted octanol–water partition coefficient (Wildman–Crippen LogP) is 4.69. The SMILES string of the molecule is CC(=O)N1CCC/C=C\Cn2c(=O)c3cnc(Nc4ccc5c(ccn5CCN5CCC5)c4)nc3n2-c2cccc1c2. The molecule has 1 amide bonds. The molecule has 3 aromatic heterocycles. The first-order chi connectivity index (χ1) is 20.5. The number of amides is 1. The zero-order chi connectivity index (χ0) is 28.6. The third-order valence-corrected chi connectivity index (χ3v) is 8.27. The fourth-order valence-electron chi connectivity index (χ4n) is 5.89. The van der Waals surface area contributed by atoms with Gasteiger partial charge in [0.15, 0.2) is 5.65 Å². The molecule has 7 rings (SSSR count). The normalized spacial score (nSPS) is 16.5. The van der Waals surface area contributed by atoms with E-state index in [1.165, 1.54) is 25.0 Å². The zero-order valence-electron chi connectivity index (χ0n) is 23.7. The highest BCUT2D eigenvalue weighted by Crippen LogP contribution is 2.26. The van der Waals surface area contributed by atoms with Crippen LogP contribution in [0.4, 0.5) is 17.3 Å². The Hall–Kier alpha value is -4.70. The maximum atomic E-state index is 13.5. The lowest BCUT2D eigenvalue weighted by Gasteiger charge is -2.30. The topological polar surface area (TPSA) is 93.2 Å². The lowest BCUT2D eigenvalue weighted by molar-refractivity contribution is -0.116. The molecule has 214 valence electrons. The second kappa shape index (κ2) is 10.9. The quantitative estimate of drug-likeness (QED) is 0.313. The Labute approximate surface area is 243 Å². The average molecular weight is 563 g/mol. The summed E-state index contributed by atoms with van der Waals surface area (Å²) in [5.41, 5.74) is 3.97. The van der Waals surface area contributed by atoms with E-state index in [4.69, 9.17) is 4.98 Å². The van der Waals surface area contributed by atoms with Crippen LogP contribution >= 0.6 is 0 Å². The summed E-state index contributed by atoms with van der Waals surface area (Å²) in [6, 6.07) is 16.1. The Morgan fingerprint density at radius 1 is 0.976 bits per heavy atom. The van der Waals surface area contributed by atoms with Crippen molar-refractivity contribution in [2.24, 2.45) is 0 Å². The molecule has 0 atom stereocenters. The van der Waals surface area contributed by atoms with Crippen LogP contribution in [0.1, 0.15) is 26.2 Å². The van der Waals surface area contributed by atoms with Crippen LogP contribution in [-0.2, 0) is 17.9 Å². The van der Waals surface area contributed by atoms with Crippen molar-refractivity contribution in [3.05, 3.63) is 83.4 Å². The van der Waals surface area contributed by atoms with Crippen molar-refractivity contribution in [3.63, 3.8) is 0 Å². The van der Waals surface area contributed by atoms with Gasteiger partial charge in [0.25, 0.3) is 5.56 Å². The van der Waals surface area contributed by atoms with E-state index < -0.39 is 0 Å². The lowest BCUT2D eigenvalue weighted by atomic mass is 10.2. The summed E-state index contributed by atoms with van der Waals surface area (Å²) in [5, 5.41) is 4.93. The number of aromatic nitrogens is 5. The molecule has 1 saturated heterocycles. The predicted molar refractivity (Wildman–Crippen MR) is 166 cm³/mol. The van der Waals surface area contributed by atoms with E-state index >= 15 is 0 Å². The first kappa shape index (κ1) is 26.2. The summed E-state index contributed by atoms with van der Waals surface area (Å²) < 4.78 is 5.81. The van der Waals surface area contributed by atoms with Gasteiger partial charge in [-0.15, -0.1) is 0 Å². The molecular weight excluding hydrogens is 528 g/mol.